The van der Waals surface area contributed by atoms with E-state index in [1.54, 1.807) is 33.7 Å². The lowest BCUT2D eigenvalue weighted by Crippen LogP contribution is -2.50. The predicted octanol–water partition coefficient (Wildman–Crippen LogP) is 3.26. The monoisotopic (exact) mass is 454 g/mol. The van der Waals surface area contributed by atoms with Gasteiger partial charge in [0.2, 0.25) is 5.91 Å². The van der Waals surface area contributed by atoms with Crippen LogP contribution in [0.25, 0.3) is 0 Å². The highest BCUT2D eigenvalue weighted by molar-refractivity contribution is 8.17. The number of allylic oxidation sites excluding steroid dienone is 1. The van der Waals surface area contributed by atoms with E-state index in [1.807, 2.05) is 0 Å². The highest BCUT2D eigenvalue weighted by atomic mass is 32.2. The summed E-state index contributed by atoms with van der Waals surface area (Å²) in [6.07, 6.45) is 7.61. The van der Waals surface area contributed by atoms with E-state index in [4.69, 9.17) is 4.42 Å². The van der Waals surface area contributed by atoms with Gasteiger partial charge in [-0.25, -0.2) is 4.99 Å². The van der Waals surface area contributed by atoms with Gasteiger partial charge in [-0.15, -0.1) is 0 Å². The van der Waals surface area contributed by atoms with Crippen LogP contribution in [0.2, 0.25) is 0 Å². The third-order valence-electron chi connectivity index (χ3n) is 6.47. The number of hydrogen-bond acceptors (Lipinski definition) is 6. The van der Waals surface area contributed by atoms with Crippen molar-refractivity contribution in [1.82, 2.24) is 9.80 Å². The van der Waals surface area contributed by atoms with Gasteiger partial charge in [0.05, 0.1) is 11.3 Å². The molecule has 1 unspecified atom stereocenters. The Morgan fingerprint density at radius 1 is 1.06 bits per heavy atom. The summed E-state index contributed by atoms with van der Waals surface area (Å²) >= 11 is 1.65. The lowest BCUT2D eigenvalue weighted by Gasteiger charge is -2.34. The second-order valence-corrected chi connectivity index (χ2v) is 9.63. The normalized spacial score (nSPS) is 23.4. The Labute approximate surface area is 190 Å². The number of thioether (sulfide) groups is 1. The maximum atomic E-state index is 12.7. The van der Waals surface area contributed by atoms with Crippen LogP contribution in [0.1, 0.15) is 55.5 Å². The van der Waals surface area contributed by atoms with Crippen LogP contribution in [-0.4, -0.2) is 64.6 Å². The Morgan fingerprint density at radius 3 is 2.62 bits per heavy atom. The molecule has 0 radical (unpaired) electrons. The summed E-state index contributed by atoms with van der Waals surface area (Å²) in [5.41, 5.74) is 1.23. The van der Waals surface area contributed by atoms with Crippen molar-refractivity contribution >= 4 is 40.4 Å². The lowest BCUT2D eigenvalue weighted by molar-refractivity contribution is -0.132. The largest absolute Gasteiger partial charge is 0.459 e. The molecule has 5 rings (SSSR count). The van der Waals surface area contributed by atoms with Gasteiger partial charge in [-0.1, -0.05) is 18.2 Å². The Balaban J connectivity index is 1.13. The van der Waals surface area contributed by atoms with Crippen molar-refractivity contribution in [3.05, 3.63) is 34.6 Å². The summed E-state index contributed by atoms with van der Waals surface area (Å²) in [5.74, 6) is 0.239. The molecule has 9 heteroatoms. The van der Waals surface area contributed by atoms with Gasteiger partial charge in [0.25, 0.3) is 11.8 Å². The fraction of sp³-hybridized carbons (Fsp3) is 0.522. The Bertz CT molecular complexity index is 1020. The first-order valence-electron chi connectivity index (χ1n) is 11.3. The van der Waals surface area contributed by atoms with E-state index in [0.29, 0.717) is 44.2 Å². The van der Waals surface area contributed by atoms with Crippen molar-refractivity contribution in [3.8, 4) is 0 Å². The van der Waals surface area contributed by atoms with Crippen LogP contribution in [0.3, 0.4) is 0 Å². The molecule has 0 aromatic carbocycles. The maximum absolute atomic E-state index is 12.7. The van der Waals surface area contributed by atoms with Crippen LogP contribution >= 0.6 is 11.8 Å². The van der Waals surface area contributed by atoms with Gasteiger partial charge >= 0.3 is 0 Å². The molecule has 0 saturated carbocycles. The van der Waals surface area contributed by atoms with E-state index >= 15 is 0 Å². The van der Waals surface area contributed by atoms with Crippen molar-refractivity contribution in [3.63, 3.8) is 0 Å². The number of amides is 3. The van der Waals surface area contributed by atoms with Gasteiger partial charge < -0.3 is 14.2 Å². The summed E-state index contributed by atoms with van der Waals surface area (Å²) in [6, 6.07) is 3.34. The Kier molecular flexibility index (Phi) is 5.99. The van der Waals surface area contributed by atoms with E-state index in [9.17, 15) is 14.4 Å². The third-order valence-corrected chi connectivity index (χ3v) is 7.72. The number of nitrogens with zero attached hydrogens (tertiary/aromatic N) is 4. The molecule has 3 amide bonds. The summed E-state index contributed by atoms with van der Waals surface area (Å²) in [4.78, 5) is 51.5. The lowest BCUT2D eigenvalue weighted by atomic mass is 9.94. The average Bonchev–Trinajstić information content (AvgIpc) is 3.40. The van der Waals surface area contributed by atoms with Crippen LogP contribution in [-0.2, 0) is 9.59 Å². The standard InChI is InChI=1S/C23H26N4O4S/c28-19(26-10-12-27(13-11-26)23(30)16-6-4-14-31-16)9-8-18-24-21(29)20-15-5-2-1-3-7-17(15)32-22(20)25-18/h4,6,14,20H,1-3,5,7-13H2. The van der Waals surface area contributed by atoms with Crippen molar-refractivity contribution < 1.29 is 18.8 Å². The number of aliphatic imine (C=N–C) groups is 2. The first kappa shape index (κ1) is 21.2. The number of amidine groups is 1. The highest BCUT2D eigenvalue weighted by Crippen LogP contribution is 2.46. The van der Waals surface area contributed by atoms with Crippen molar-refractivity contribution in [1.29, 1.82) is 0 Å². The predicted molar refractivity (Wildman–Crippen MR) is 121 cm³/mol. The molecule has 1 aromatic rings. The molecule has 4 heterocycles. The molecule has 3 aliphatic heterocycles. The van der Waals surface area contributed by atoms with Gasteiger partial charge in [-0.3, -0.25) is 14.4 Å². The fourth-order valence-electron chi connectivity index (χ4n) is 4.72. The second kappa shape index (κ2) is 9.05. The molecular formula is C23H26N4O4S. The summed E-state index contributed by atoms with van der Waals surface area (Å²) in [6.45, 7) is 1.92. The quantitative estimate of drug-likeness (QED) is 0.696. The molecular weight excluding hydrogens is 428 g/mol. The minimum atomic E-state index is -0.271. The molecule has 168 valence electrons. The fourth-order valence-corrected chi connectivity index (χ4v) is 6.09. The zero-order chi connectivity index (χ0) is 22.1. The molecule has 1 fully saturated rings. The van der Waals surface area contributed by atoms with Crippen molar-refractivity contribution in [2.45, 2.75) is 44.9 Å². The zero-order valence-electron chi connectivity index (χ0n) is 17.9. The van der Waals surface area contributed by atoms with E-state index in [-0.39, 0.29) is 30.1 Å². The van der Waals surface area contributed by atoms with Crippen LogP contribution in [0.15, 0.2) is 43.3 Å². The van der Waals surface area contributed by atoms with Crippen LogP contribution in [0.4, 0.5) is 0 Å². The van der Waals surface area contributed by atoms with Crippen LogP contribution in [0, 0.1) is 5.92 Å². The van der Waals surface area contributed by atoms with Gasteiger partial charge in [0.15, 0.2) is 5.76 Å². The molecule has 1 atom stereocenters. The summed E-state index contributed by atoms with van der Waals surface area (Å²) in [5, 5.41) is 0.851. The minimum Gasteiger partial charge on any atom is -0.459 e. The van der Waals surface area contributed by atoms with Gasteiger partial charge in [-0.2, -0.15) is 4.99 Å². The molecule has 1 aromatic heterocycles. The molecule has 0 bridgehead atoms. The Hall–Kier alpha value is -2.68. The van der Waals surface area contributed by atoms with Crippen LogP contribution in [0.5, 0.6) is 0 Å². The van der Waals surface area contributed by atoms with Gasteiger partial charge in [-0.05, 0) is 48.3 Å². The van der Waals surface area contributed by atoms with E-state index < -0.39 is 0 Å². The van der Waals surface area contributed by atoms with E-state index in [1.165, 1.54) is 29.6 Å². The van der Waals surface area contributed by atoms with E-state index in [2.05, 4.69) is 9.98 Å². The molecule has 8 nitrogen and oxygen atoms in total. The van der Waals surface area contributed by atoms with E-state index in [0.717, 1.165) is 24.3 Å². The van der Waals surface area contributed by atoms with Crippen molar-refractivity contribution in [2.75, 3.05) is 26.2 Å². The number of rotatable bonds is 4. The molecule has 1 aliphatic carbocycles. The number of carbonyl (C=O) groups is 3. The third kappa shape index (κ3) is 4.18. The number of piperazine rings is 1. The average molecular weight is 455 g/mol. The second-order valence-electron chi connectivity index (χ2n) is 8.51. The van der Waals surface area contributed by atoms with Crippen LogP contribution < -0.4 is 0 Å². The maximum Gasteiger partial charge on any atom is 0.289 e. The highest BCUT2D eigenvalue weighted by Gasteiger charge is 2.40. The Morgan fingerprint density at radius 2 is 1.84 bits per heavy atom. The number of furan rings is 1. The SMILES string of the molecule is O=C1N=C(CCC(=O)N2CCN(C(=O)c3ccco3)CC2)N=C2SC3=C(CCCCC3)C12. The van der Waals surface area contributed by atoms with Gasteiger partial charge in [0, 0.05) is 39.0 Å². The summed E-state index contributed by atoms with van der Waals surface area (Å²) in [7, 11) is 0. The summed E-state index contributed by atoms with van der Waals surface area (Å²) < 4.78 is 5.17. The number of hydrogen-bond donors (Lipinski definition) is 0. The first-order chi connectivity index (χ1) is 15.6. The van der Waals surface area contributed by atoms with Gasteiger partial charge in [0.1, 0.15) is 11.8 Å². The molecule has 0 N–H and O–H groups in total. The first-order valence-corrected chi connectivity index (χ1v) is 12.1. The molecule has 0 spiro atoms. The number of fused-ring (bicyclic) bond motifs is 2. The molecule has 32 heavy (non-hydrogen) atoms. The molecule has 4 aliphatic rings. The zero-order valence-corrected chi connectivity index (χ0v) is 18.7. The van der Waals surface area contributed by atoms with Crippen molar-refractivity contribution in [2.24, 2.45) is 15.9 Å². The molecule has 1 saturated heterocycles. The number of carbonyl (C=O) groups excluding carboxylic acids is 3. The minimum absolute atomic E-state index is 0.000511. The smallest absolute Gasteiger partial charge is 0.289 e. The topological polar surface area (TPSA) is 95.6 Å².